The first-order valence-corrected chi connectivity index (χ1v) is 5.86. The molecule has 0 aliphatic heterocycles. The van der Waals surface area contributed by atoms with E-state index in [1.807, 2.05) is 0 Å². The number of ether oxygens (including phenoxy) is 2. The van der Waals surface area contributed by atoms with Crippen LogP contribution in [-0.4, -0.2) is 25.2 Å². The summed E-state index contributed by atoms with van der Waals surface area (Å²) < 4.78 is 9.97. The molecule has 2 atom stereocenters. The van der Waals surface area contributed by atoms with Crippen molar-refractivity contribution in [3.8, 4) is 0 Å². The monoisotopic (exact) mass is 228 g/mol. The molecule has 92 valence electrons. The summed E-state index contributed by atoms with van der Waals surface area (Å²) in [7, 11) is 0. The van der Waals surface area contributed by atoms with E-state index in [1.54, 1.807) is 0 Å². The minimum absolute atomic E-state index is 0.217. The van der Waals surface area contributed by atoms with Crippen LogP contribution in [0, 0.1) is 11.8 Å². The molecule has 16 heavy (non-hydrogen) atoms. The predicted octanol–water partition coefficient (Wildman–Crippen LogP) is 1.92. The summed E-state index contributed by atoms with van der Waals surface area (Å²) in [5, 5.41) is 0. The minimum Gasteiger partial charge on any atom is -0.466 e. The summed E-state index contributed by atoms with van der Waals surface area (Å²) in [4.78, 5) is 21.3. The molecule has 0 amide bonds. The first-order chi connectivity index (χ1) is 7.59. The van der Waals surface area contributed by atoms with Crippen molar-refractivity contribution < 1.29 is 19.1 Å². The number of esters is 2. The molecule has 0 saturated heterocycles. The van der Waals surface area contributed by atoms with Crippen LogP contribution in [0.4, 0.5) is 0 Å². The van der Waals surface area contributed by atoms with Gasteiger partial charge in [-0.3, -0.25) is 9.59 Å². The second-order valence-electron chi connectivity index (χ2n) is 4.38. The highest BCUT2D eigenvalue weighted by molar-refractivity contribution is 5.66. The molecule has 0 aromatic carbocycles. The first kappa shape index (κ1) is 13.0. The van der Waals surface area contributed by atoms with Gasteiger partial charge in [-0.25, -0.2) is 0 Å². The van der Waals surface area contributed by atoms with Crippen LogP contribution in [0.2, 0.25) is 0 Å². The van der Waals surface area contributed by atoms with E-state index < -0.39 is 0 Å². The van der Waals surface area contributed by atoms with Gasteiger partial charge in [0, 0.05) is 13.8 Å². The Morgan fingerprint density at radius 3 is 2.31 bits per heavy atom. The lowest BCUT2D eigenvalue weighted by Crippen LogP contribution is -2.18. The summed E-state index contributed by atoms with van der Waals surface area (Å²) in [5.41, 5.74) is 0. The summed E-state index contributed by atoms with van der Waals surface area (Å²) in [6, 6.07) is 0. The molecule has 0 radical (unpaired) electrons. The van der Waals surface area contributed by atoms with Crippen LogP contribution in [0.1, 0.15) is 39.5 Å². The van der Waals surface area contributed by atoms with E-state index in [1.165, 1.54) is 20.3 Å². The van der Waals surface area contributed by atoms with Crippen LogP contribution in [0.15, 0.2) is 0 Å². The van der Waals surface area contributed by atoms with Crippen molar-refractivity contribution in [2.75, 3.05) is 13.2 Å². The van der Waals surface area contributed by atoms with E-state index in [4.69, 9.17) is 9.47 Å². The molecule has 0 unspecified atom stereocenters. The van der Waals surface area contributed by atoms with Crippen molar-refractivity contribution >= 4 is 11.9 Å². The zero-order valence-corrected chi connectivity index (χ0v) is 10.0. The Balaban J connectivity index is 2.23. The fraction of sp³-hybridized carbons (Fsp3) is 0.833. The van der Waals surface area contributed by atoms with Crippen molar-refractivity contribution in [2.45, 2.75) is 39.5 Å². The third-order valence-corrected chi connectivity index (χ3v) is 3.11. The van der Waals surface area contributed by atoms with Crippen LogP contribution in [0.5, 0.6) is 0 Å². The van der Waals surface area contributed by atoms with Crippen LogP contribution < -0.4 is 0 Å². The Kier molecular flexibility index (Phi) is 5.29. The molecule has 0 spiro atoms. The molecule has 0 bridgehead atoms. The van der Waals surface area contributed by atoms with Crippen LogP contribution in [0.25, 0.3) is 0 Å². The summed E-state index contributed by atoms with van der Waals surface area (Å²) in [5.74, 6) is 0.526. The number of hydrogen-bond acceptors (Lipinski definition) is 4. The molecule has 1 rings (SSSR count). The van der Waals surface area contributed by atoms with Crippen molar-refractivity contribution in [3.05, 3.63) is 0 Å². The van der Waals surface area contributed by atoms with Gasteiger partial charge in [0.25, 0.3) is 0 Å². The van der Waals surface area contributed by atoms with Crippen LogP contribution in [0.3, 0.4) is 0 Å². The summed E-state index contributed by atoms with van der Waals surface area (Å²) in [6.07, 6.45) is 4.31. The molecule has 1 aliphatic carbocycles. The molecule has 0 N–H and O–H groups in total. The average Bonchev–Trinajstić information content (AvgIpc) is 2.62. The van der Waals surface area contributed by atoms with Gasteiger partial charge in [0.05, 0.1) is 13.2 Å². The van der Waals surface area contributed by atoms with Gasteiger partial charge in [-0.15, -0.1) is 0 Å². The van der Waals surface area contributed by atoms with Gasteiger partial charge in [-0.1, -0.05) is 6.42 Å². The highest BCUT2D eigenvalue weighted by Crippen LogP contribution is 2.34. The lowest BCUT2D eigenvalue weighted by Gasteiger charge is -2.18. The Morgan fingerprint density at radius 1 is 1.06 bits per heavy atom. The zero-order valence-electron chi connectivity index (χ0n) is 10.0. The minimum atomic E-state index is -0.227. The zero-order chi connectivity index (χ0) is 12.0. The lowest BCUT2D eigenvalue weighted by molar-refractivity contribution is -0.142. The van der Waals surface area contributed by atoms with Gasteiger partial charge in [-0.05, 0) is 31.1 Å². The van der Waals surface area contributed by atoms with Crippen LogP contribution in [-0.2, 0) is 19.1 Å². The molecule has 0 aromatic heterocycles. The predicted molar refractivity (Wildman–Crippen MR) is 58.7 cm³/mol. The highest BCUT2D eigenvalue weighted by Gasteiger charge is 2.27. The molecule has 4 nitrogen and oxygen atoms in total. The fourth-order valence-corrected chi connectivity index (χ4v) is 2.29. The quantitative estimate of drug-likeness (QED) is 0.674. The van der Waals surface area contributed by atoms with Crippen molar-refractivity contribution in [2.24, 2.45) is 11.8 Å². The third-order valence-electron chi connectivity index (χ3n) is 3.11. The lowest BCUT2D eigenvalue weighted by atomic mass is 9.94. The fourth-order valence-electron chi connectivity index (χ4n) is 2.29. The van der Waals surface area contributed by atoms with Gasteiger partial charge in [0.2, 0.25) is 0 Å². The standard InChI is InChI=1S/C12H20O4/c1-9(13)15-7-6-11-4-3-5-12(11)8-16-10(2)14/h11-12H,3-8H2,1-2H3/t11-,12+/m0/s1. The Labute approximate surface area is 96.3 Å². The second-order valence-corrected chi connectivity index (χ2v) is 4.38. The number of carbonyl (C=O) groups is 2. The van der Waals surface area contributed by atoms with Gasteiger partial charge in [0.1, 0.15) is 0 Å². The molecular formula is C12H20O4. The van der Waals surface area contributed by atoms with Gasteiger partial charge < -0.3 is 9.47 Å². The molecular weight excluding hydrogens is 208 g/mol. The number of rotatable bonds is 5. The average molecular weight is 228 g/mol. The van der Waals surface area contributed by atoms with Gasteiger partial charge in [-0.2, -0.15) is 0 Å². The van der Waals surface area contributed by atoms with E-state index in [9.17, 15) is 9.59 Å². The largest absolute Gasteiger partial charge is 0.466 e. The van der Waals surface area contributed by atoms with E-state index in [2.05, 4.69) is 0 Å². The SMILES string of the molecule is CC(=O)OCC[C@@H]1CCC[C@@H]1COC(C)=O. The highest BCUT2D eigenvalue weighted by atomic mass is 16.5. The van der Waals surface area contributed by atoms with Gasteiger partial charge in [0.15, 0.2) is 0 Å². The Morgan fingerprint density at radius 2 is 1.69 bits per heavy atom. The molecule has 1 fully saturated rings. The maximum Gasteiger partial charge on any atom is 0.302 e. The Hall–Kier alpha value is -1.06. The normalized spacial score (nSPS) is 24.1. The number of carbonyl (C=O) groups excluding carboxylic acids is 2. The van der Waals surface area contributed by atoms with Gasteiger partial charge >= 0.3 is 11.9 Å². The maximum absolute atomic E-state index is 10.7. The van der Waals surface area contributed by atoms with E-state index in [-0.39, 0.29) is 11.9 Å². The first-order valence-electron chi connectivity index (χ1n) is 5.86. The molecule has 4 heteroatoms. The number of hydrogen-bond donors (Lipinski definition) is 0. The van der Waals surface area contributed by atoms with Crippen molar-refractivity contribution in [3.63, 3.8) is 0 Å². The van der Waals surface area contributed by atoms with Crippen LogP contribution >= 0.6 is 0 Å². The smallest absolute Gasteiger partial charge is 0.302 e. The van der Waals surface area contributed by atoms with Crippen molar-refractivity contribution in [1.29, 1.82) is 0 Å². The third kappa shape index (κ3) is 4.64. The molecule has 1 aliphatic rings. The van der Waals surface area contributed by atoms with E-state index in [0.717, 1.165) is 19.3 Å². The molecule has 0 heterocycles. The van der Waals surface area contributed by atoms with E-state index >= 15 is 0 Å². The summed E-state index contributed by atoms with van der Waals surface area (Å²) >= 11 is 0. The van der Waals surface area contributed by atoms with E-state index in [0.29, 0.717) is 25.0 Å². The summed E-state index contributed by atoms with van der Waals surface area (Å²) in [6.45, 7) is 3.85. The second kappa shape index (κ2) is 6.51. The maximum atomic E-state index is 10.7. The molecule has 0 aromatic rings. The van der Waals surface area contributed by atoms with Crippen molar-refractivity contribution in [1.82, 2.24) is 0 Å². The Bertz CT molecular complexity index is 249. The molecule has 1 saturated carbocycles. The topological polar surface area (TPSA) is 52.6 Å².